The van der Waals surface area contributed by atoms with Gasteiger partial charge in [-0.3, -0.25) is 0 Å². The van der Waals surface area contributed by atoms with E-state index in [0.29, 0.717) is 17.3 Å². The van der Waals surface area contributed by atoms with Crippen molar-refractivity contribution in [3.05, 3.63) is 12.7 Å². The minimum absolute atomic E-state index is 0.0896. The van der Waals surface area contributed by atoms with Gasteiger partial charge >= 0.3 is 0 Å². The van der Waals surface area contributed by atoms with E-state index in [1.54, 1.807) is 0 Å². The van der Waals surface area contributed by atoms with Gasteiger partial charge in [-0.05, 0) is 85.4 Å². The van der Waals surface area contributed by atoms with Crippen molar-refractivity contribution in [1.29, 1.82) is 0 Å². The normalized spacial score (nSPS) is 53.6. The summed E-state index contributed by atoms with van der Waals surface area (Å²) < 4.78 is 12.3. The Morgan fingerprint density at radius 1 is 1.00 bits per heavy atom. The summed E-state index contributed by atoms with van der Waals surface area (Å²) in [6.07, 6.45) is 12.6. The van der Waals surface area contributed by atoms with E-state index in [2.05, 4.69) is 26.5 Å². The van der Waals surface area contributed by atoms with E-state index in [0.717, 1.165) is 56.7 Å². The van der Waals surface area contributed by atoms with Crippen LogP contribution in [0.5, 0.6) is 0 Å². The number of hydrogen-bond acceptors (Lipinski definition) is 3. The molecule has 5 rings (SSSR count). The Morgan fingerprint density at radius 3 is 2.48 bits per heavy atom. The van der Waals surface area contributed by atoms with E-state index in [-0.39, 0.29) is 17.3 Å². The first-order valence-corrected chi connectivity index (χ1v) is 11.5. The van der Waals surface area contributed by atoms with Gasteiger partial charge in [0.15, 0.2) is 5.79 Å². The van der Waals surface area contributed by atoms with Crippen molar-refractivity contribution in [2.45, 2.75) is 83.5 Å². The Kier molecular flexibility index (Phi) is 4.35. The minimum atomic E-state index is -0.275. The molecule has 0 bridgehead atoms. The molecule has 0 aromatic carbocycles. The Morgan fingerprint density at radius 2 is 1.74 bits per heavy atom. The third-order valence-electron chi connectivity index (χ3n) is 10.1. The second-order valence-electron chi connectivity index (χ2n) is 11.0. The molecular weight excluding hydrogens is 336 g/mol. The molecule has 8 atom stereocenters. The molecule has 1 N–H and O–H groups in total. The molecule has 4 aliphatic carbocycles. The van der Waals surface area contributed by atoms with Gasteiger partial charge in [-0.25, -0.2) is 0 Å². The molecule has 5 fully saturated rings. The van der Waals surface area contributed by atoms with Gasteiger partial charge in [0.05, 0.1) is 19.3 Å². The van der Waals surface area contributed by atoms with Crippen LogP contribution in [0.2, 0.25) is 0 Å². The average Bonchev–Trinajstić information content (AvgIpc) is 3.22. The van der Waals surface area contributed by atoms with Crippen molar-refractivity contribution in [3.8, 4) is 0 Å². The number of fused-ring (bicyclic) bond motifs is 5. The number of aliphatic hydroxyl groups excluding tert-OH is 1. The zero-order chi connectivity index (χ0) is 18.9. The second-order valence-corrected chi connectivity index (χ2v) is 11.0. The summed E-state index contributed by atoms with van der Waals surface area (Å²) in [6.45, 7) is 10.6. The van der Waals surface area contributed by atoms with Crippen LogP contribution < -0.4 is 0 Å². The highest BCUT2D eigenvalue weighted by atomic mass is 16.7. The lowest BCUT2D eigenvalue weighted by Crippen LogP contribution is -2.58. The van der Waals surface area contributed by atoms with Crippen LogP contribution in [0.15, 0.2) is 12.7 Å². The summed E-state index contributed by atoms with van der Waals surface area (Å²) in [6, 6.07) is 0. The fourth-order valence-electron chi connectivity index (χ4n) is 8.56. The molecule has 5 aliphatic rings. The van der Waals surface area contributed by atoms with Crippen molar-refractivity contribution < 1.29 is 14.6 Å². The van der Waals surface area contributed by atoms with Crippen molar-refractivity contribution in [2.24, 2.45) is 40.4 Å². The molecule has 27 heavy (non-hydrogen) atoms. The van der Waals surface area contributed by atoms with Gasteiger partial charge in [-0.1, -0.05) is 19.9 Å². The first-order valence-electron chi connectivity index (χ1n) is 11.5. The highest BCUT2D eigenvalue weighted by Crippen LogP contribution is 2.69. The van der Waals surface area contributed by atoms with Gasteiger partial charge in [0.25, 0.3) is 0 Å². The molecule has 1 spiro atoms. The molecule has 4 saturated carbocycles. The number of ether oxygens (including phenoxy) is 2. The lowest BCUT2D eigenvalue weighted by atomic mass is 9.42. The third-order valence-corrected chi connectivity index (χ3v) is 10.1. The van der Waals surface area contributed by atoms with Gasteiger partial charge in [-0.2, -0.15) is 0 Å². The van der Waals surface area contributed by atoms with Gasteiger partial charge < -0.3 is 14.6 Å². The number of hydrogen-bond donors (Lipinski definition) is 1. The molecule has 1 aliphatic heterocycles. The van der Waals surface area contributed by atoms with E-state index >= 15 is 0 Å². The minimum Gasteiger partial charge on any atom is -0.393 e. The van der Waals surface area contributed by atoms with Crippen LogP contribution in [0.1, 0.15) is 71.6 Å². The molecule has 0 aromatic rings. The molecule has 152 valence electrons. The lowest BCUT2D eigenvalue weighted by Gasteiger charge is -2.63. The van der Waals surface area contributed by atoms with Crippen molar-refractivity contribution >= 4 is 0 Å². The molecule has 0 aromatic heterocycles. The van der Waals surface area contributed by atoms with Crippen LogP contribution in [-0.4, -0.2) is 30.2 Å². The Hall–Kier alpha value is -0.380. The number of rotatable bonds is 2. The molecule has 3 heteroatoms. The molecule has 0 unspecified atom stereocenters. The summed E-state index contributed by atoms with van der Waals surface area (Å²) in [5.74, 6) is 3.40. The Bertz CT molecular complexity index is 596. The maximum Gasteiger partial charge on any atom is 0.168 e. The van der Waals surface area contributed by atoms with Crippen molar-refractivity contribution in [2.75, 3.05) is 13.2 Å². The van der Waals surface area contributed by atoms with Crippen LogP contribution >= 0.6 is 0 Å². The first-order chi connectivity index (χ1) is 12.9. The van der Waals surface area contributed by atoms with Crippen LogP contribution in [0, 0.1) is 40.4 Å². The molecular formula is C24H38O3. The average molecular weight is 375 g/mol. The smallest absolute Gasteiger partial charge is 0.168 e. The topological polar surface area (TPSA) is 38.7 Å². The second kappa shape index (κ2) is 6.31. The molecule has 0 amide bonds. The number of allylic oxidation sites excluding steroid dienone is 1. The summed E-state index contributed by atoms with van der Waals surface area (Å²) in [5, 5.41) is 10.8. The lowest BCUT2D eigenvalue weighted by molar-refractivity contribution is -0.237. The van der Waals surface area contributed by atoms with E-state index < -0.39 is 0 Å². The Balaban J connectivity index is 1.48. The van der Waals surface area contributed by atoms with E-state index in [9.17, 15) is 5.11 Å². The Labute approximate surface area is 164 Å². The summed E-state index contributed by atoms with van der Waals surface area (Å²) in [4.78, 5) is 0. The standard InChI is InChI=1S/C24H38O3/c1-4-5-16-14-17-15-24(26-12-13-27-24)11-10-22(17,2)19-8-9-23(3)18(21(16)19)6-7-20(23)25/h4,16-21,25H,1,5-15H2,2-3H3/t16-,17+,18+,19+,20+,21+,22+,23+/m1/s1. The predicted octanol–water partition coefficient (Wildman–Crippen LogP) is 4.94. The fraction of sp³-hybridized carbons (Fsp3) is 0.917. The zero-order valence-electron chi connectivity index (χ0n) is 17.3. The summed E-state index contributed by atoms with van der Waals surface area (Å²) >= 11 is 0. The zero-order valence-corrected chi connectivity index (χ0v) is 17.3. The quantitative estimate of drug-likeness (QED) is 0.696. The molecule has 1 heterocycles. The van der Waals surface area contributed by atoms with Crippen molar-refractivity contribution in [1.82, 2.24) is 0 Å². The van der Waals surface area contributed by atoms with E-state index in [4.69, 9.17) is 9.47 Å². The van der Waals surface area contributed by atoms with Crippen LogP contribution in [0.25, 0.3) is 0 Å². The first kappa shape index (κ1) is 18.6. The fourth-order valence-corrected chi connectivity index (χ4v) is 8.56. The monoisotopic (exact) mass is 374 g/mol. The van der Waals surface area contributed by atoms with E-state index in [1.165, 1.54) is 32.1 Å². The maximum absolute atomic E-state index is 10.8. The van der Waals surface area contributed by atoms with Crippen LogP contribution in [0.4, 0.5) is 0 Å². The van der Waals surface area contributed by atoms with Gasteiger partial charge in [0.1, 0.15) is 0 Å². The van der Waals surface area contributed by atoms with Gasteiger partial charge in [-0.15, -0.1) is 6.58 Å². The highest BCUT2D eigenvalue weighted by Gasteiger charge is 2.63. The molecule has 1 saturated heterocycles. The summed E-state index contributed by atoms with van der Waals surface area (Å²) in [7, 11) is 0. The van der Waals surface area contributed by atoms with Gasteiger partial charge in [0, 0.05) is 12.8 Å². The molecule has 0 radical (unpaired) electrons. The van der Waals surface area contributed by atoms with Crippen LogP contribution in [-0.2, 0) is 9.47 Å². The third kappa shape index (κ3) is 2.57. The SMILES string of the molecule is C=CC[C@@H]1C[C@H]2CC3(CC[C@]2(C)[C@H]2CC[C@]4(C)[C@@H](O)CC[C@H]4[C@H]12)OCCO3. The summed E-state index contributed by atoms with van der Waals surface area (Å²) in [5.41, 5.74) is 0.565. The predicted molar refractivity (Wildman–Crippen MR) is 106 cm³/mol. The van der Waals surface area contributed by atoms with Gasteiger partial charge in [0.2, 0.25) is 0 Å². The highest BCUT2D eigenvalue weighted by molar-refractivity contribution is 5.12. The van der Waals surface area contributed by atoms with E-state index in [1.807, 2.05) is 0 Å². The van der Waals surface area contributed by atoms with Crippen molar-refractivity contribution in [3.63, 3.8) is 0 Å². The van der Waals surface area contributed by atoms with Crippen LogP contribution in [0.3, 0.4) is 0 Å². The number of aliphatic hydroxyl groups is 1. The largest absolute Gasteiger partial charge is 0.393 e. The maximum atomic E-state index is 10.8. The molecule has 3 nitrogen and oxygen atoms in total.